The number of hydrogen-bond acceptors (Lipinski definition) is 2. The molecule has 0 radical (unpaired) electrons. The van der Waals surface area contributed by atoms with E-state index >= 15 is 0 Å². The lowest BCUT2D eigenvalue weighted by Gasteiger charge is -2.20. The molecule has 112 valence electrons. The van der Waals surface area contributed by atoms with E-state index in [1.807, 2.05) is 26.1 Å². The molecule has 0 aliphatic rings. The largest absolute Gasteiger partial charge is 0.323 e. The molecule has 2 aromatic rings. The third kappa shape index (κ3) is 4.27. The molecule has 0 aliphatic heterocycles. The molecule has 3 nitrogen and oxygen atoms in total. The molecule has 1 heterocycles. The summed E-state index contributed by atoms with van der Waals surface area (Å²) in [6, 6.07) is 9.65. The van der Waals surface area contributed by atoms with Gasteiger partial charge in [0.2, 0.25) is 0 Å². The zero-order valence-electron chi connectivity index (χ0n) is 11.8. The maximum Gasteiger partial charge on any atom is 0.282 e. The zero-order chi connectivity index (χ0) is 15.4. The van der Waals surface area contributed by atoms with Crippen molar-refractivity contribution < 1.29 is 14.1 Å². The van der Waals surface area contributed by atoms with Gasteiger partial charge in [-0.15, -0.1) is 11.3 Å². The van der Waals surface area contributed by atoms with Gasteiger partial charge in [0, 0.05) is 0 Å². The van der Waals surface area contributed by atoms with Crippen LogP contribution in [0.4, 0.5) is 10.1 Å². The second kappa shape index (κ2) is 7.02. The van der Waals surface area contributed by atoms with Crippen LogP contribution >= 0.6 is 22.9 Å². The van der Waals surface area contributed by atoms with Crippen LogP contribution in [0.15, 0.2) is 36.4 Å². The maximum atomic E-state index is 13.5. The molecule has 1 amide bonds. The first-order valence-corrected chi connectivity index (χ1v) is 7.78. The number of amides is 1. The van der Waals surface area contributed by atoms with Crippen molar-refractivity contribution in [1.29, 1.82) is 0 Å². The van der Waals surface area contributed by atoms with Gasteiger partial charge in [0.05, 0.1) is 21.9 Å². The summed E-state index contributed by atoms with van der Waals surface area (Å²) in [5.74, 6) is -0.638. The summed E-state index contributed by atoms with van der Waals surface area (Å²) in [6.07, 6.45) is 0. The average Bonchev–Trinajstić information content (AvgIpc) is 2.85. The van der Waals surface area contributed by atoms with Gasteiger partial charge in [-0.3, -0.25) is 4.79 Å². The Bertz CT molecular complexity index is 632. The minimum atomic E-state index is -0.430. The summed E-state index contributed by atoms with van der Waals surface area (Å²) < 4.78 is 14.3. The first-order chi connectivity index (χ1) is 9.97. The van der Waals surface area contributed by atoms with Gasteiger partial charge in [0.15, 0.2) is 6.04 Å². The van der Waals surface area contributed by atoms with Gasteiger partial charge in [-0.05, 0) is 31.2 Å². The highest BCUT2D eigenvalue weighted by atomic mass is 35.5. The number of carbonyl (C=O) groups is 1. The SMILES string of the molecule is C[C@@H](C(=O)Nc1ccccc1F)[NH+](C)Cc1ccc(Cl)s1. The predicted molar refractivity (Wildman–Crippen MR) is 84.4 cm³/mol. The number of anilines is 1. The van der Waals surface area contributed by atoms with Gasteiger partial charge in [-0.2, -0.15) is 0 Å². The molecule has 0 saturated carbocycles. The number of benzene rings is 1. The molecule has 0 fully saturated rings. The van der Waals surface area contributed by atoms with Crippen molar-refractivity contribution in [3.8, 4) is 0 Å². The number of likely N-dealkylation sites (N-methyl/N-ethyl adjacent to an activating group) is 1. The number of hydrogen-bond donors (Lipinski definition) is 2. The van der Waals surface area contributed by atoms with Gasteiger partial charge >= 0.3 is 0 Å². The lowest BCUT2D eigenvalue weighted by atomic mass is 10.2. The molecule has 21 heavy (non-hydrogen) atoms. The van der Waals surface area contributed by atoms with Crippen molar-refractivity contribution in [2.45, 2.75) is 19.5 Å². The van der Waals surface area contributed by atoms with Crippen LogP contribution < -0.4 is 10.2 Å². The van der Waals surface area contributed by atoms with Crippen LogP contribution in [0, 0.1) is 5.82 Å². The van der Waals surface area contributed by atoms with E-state index in [1.165, 1.54) is 17.4 Å². The molecule has 0 spiro atoms. The standard InChI is InChI=1S/C15H16ClFN2OS/c1-10(19(2)9-11-7-8-14(16)21-11)15(20)18-13-6-4-3-5-12(13)17/h3-8,10H,9H2,1-2H3,(H,18,20)/p+1/t10-/m0/s1. The second-order valence-electron chi connectivity index (χ2n) is 4.92. The number of carbonyl (C=O) groups excluding carboxylic acids is 1. The minimum absolute atomic E-state index is 0.208. The molecule has 2 atom stereocenters. The number of quaternary nitrogens is 1. The number of nitrogens with one attached hydrogen (secondary N) is 2. The van der Waals surface area contributed by atoms with Gasteiger partial charge in [-0.25, -0.2) is 4.39 Å². The first kappa shape index (κ1) is 15.9. The normalized spacial score (nSPS) is 13.7. The number of para-hydroxylation sites is 1. The van der Waals surface area contributed by atoms with Crippen molar-refractivity contribution in [2.24, 2.45) is 0 Å². The van der Waals surface area contributed by atoms with Crippen LogP contribution in [-0.4, -0.2) is 19.0 Å². The number of halogens is 2. The van der Waals surface area contributed by atoms with E-state index in [4.69, 9.17) is 11.6 Å². The summed E-state index contributed by atoms with van der Waals surface area (Å²) in [5, 5.41) is 2.62. The summed E-state index contributed by atoms with van der Waals surface area (Å²) in [5.41, 5.74) is 0.210. The Balaban J connectivity index is 1.97. The van der Waals surface area contributed by atoms with Crippen LogP contribution in [0.2, 0.25) is 4.34 Å². The third-order valence-electron chi connectivity index (χ3n) is 3.35. The third-order valence-corrected chi connectivity index (χ3v) is 4.58. The van der Waals surface area contributed by atoms with Crippen molar-refractivity contribution >= 4 is 34.5 Å². The van der Waals surface area contributed by atoms with Crippen LogP contribution in [-0.2, 0) is 11.3 Å². The van der Waals surface area contributed by atoms with Crippen molar-refractivity contribution in [1.82, 2.24) is 0 Å². The van der Waals surface area contributed by atoms with Crippen molar-refractivity contribution in [3.05, 3.63) is 51.4 Å². The molecular weight excluding hydrogens is 311 g/mol. The summed E-state index contributed by atoms with van der Waals surface area (Å²) in [7, 11) is 1.93. The fourth-order valence-corrected chi connectivity index (χ4v) is 3.08. The highest BCUT2D eigenvalue weighted by molar-refractivity contribution is 7.16. The number of thiophene rings is 1. The summed E-state index contributed by atoms with van der Waals surface area (Å²) in [4.78, 5) is 14.3. The monoisotopic (exact) mass is 327 g/mol. The van der Waals surface area contributed by atoms with E-state index in [9.17, 15) is 9.18 Å². The Morgan fingerprint density at radius 3 is 2.71 bits per heavy atom. The smallest absolute Gasteiger partial charge is 0.282 e. The Hall–Kier alpha value is -1.43. The van der Waals surface area contributed by atoms with Gasteiger partial charge < -0.3 is 10.2 Å². The van der Waals surface area contributed by atoms with Gasteiger partial charge in [0.25, 0.3) is 5.91 Å². The topological polar surface area (TPSA) is 33.5 Å². The Morgan fingerprint density at radius 2 is 2.10 bits per heavy atom. The molecule has 1 unspecified atom stereocenters. The van der Waals surface area contributed by atoms with E-state index in [0.717, 1.165) is 14.1 Å². The molecule has 6 heteroatoms. The number of rotatable bonds is 5. The molecule has 0 bridgehead atoms. The molecule has 2 N–H and O–H groups in total. The van der Waals surface area contributed by atoms with Crippen LogP contribution in [0.25, 0.3) is 0 Å². The Labute approximate surface area is 132 Å². The minimum Gasteiger partial charge on any atom is -0.323 e. The average molecular weight is 328 g/mol. The predicted octanol–water partition coefficient (Wildman–Crippen LogP) is 2.58. The second-order valence-corrected chi connectivity index (χ2v) is 6.72. The zero-order valence-corrected chi connectivity index (χ0v) is 13.4. The van der Waals surface area contributed by atoms with Gasteiger partial charge in [-0.1, -0.05) is 23.7 Å². The fourth-order valence-electron chi connectivity index (χ4n) is 1.90. The first-order valence-electron chi connectivity index (χ1n) is 6.59. The summed E-state index contributed by atoms with van der Waals surface area (Å²) >= 11 is 7.40. The highest BCUT2D eigenvalue weighted by Crippen LogP contribution is 2.20. The lowest BCUT2D eigenvalue weighted by molar-refractivity contribution is -0.907. The molecule has 2 rings (SSSR count). The molecule has 1 aromatic carbocycles. The van der Waals surface area contributed by atoms with Gasteiger partial charge in [0.1, 0.15) is 12.4 Å². The summed E-state index contributed by atoms with van der Waals surface area (Å²) in [6.45, 7) is 2.52. The Kier molecular flexibility index (Phi) is 5.33. The van der Waals surface area contributed by atoms with Crippen LogP contribution in [0.5, 0.6) is 0 Å². The van der Waals surface area contributed by atoms with E-state index < -0.39 is 5.82 Å². The van der Waals surface area contributed by atoms with E-state index in [1.54, 1.807) is 18.2 Å². The highest BCUT2D eigenvalue weighted by Gasteiger charge is 2.23. The quantitative estimate of drug-likeness (QED) is 0.869. The lowest BCUT2D eigenvalue weighted by Crippen LogP contribution is -3.12. The molecule has 1 aromatic heterocycles. The molecule has 0 saturated heterocycles. The Morgan fingerprint density at radius 1 is 1.38 bits per heavy atom. The van der Waals surface area contributed by atoms with Crippen LogP contribution in [0.1, 0.15) is 11.8 Å². The maximum absolute atomic E-state index is 13.5. The van der Waals surface area contributed by atoms with Crippen molar-refractivity contribution in [3.63, 3.8) is 0 Å². The van der Waals surface area contributed by atoms with E-state index in [0.29, 0.717) is 6.54 Å². The van der Waals surface area contributed by atoms with E-state index in [-0.39, 0.29) is 17.6 Å². The fraction of sp³-hybridized carbons (Fsp3) is 0.267. The van der Waals surface area contributed by atoms with Crippen LogP contribution in [0.3, 0.4) is 0 Å². The van der Waals surface area contributed by atoms with E-state index in [2.05, 4.69) is 5.32 Å². The molecule has 0 aliphatic carbocycles. The van der Waals surface area contributed by atoms with Crippen molar-refractivity contribution in [2.75, 3.05) is 12.4 Å². The molecular formula is C15H17ClFN2OS+.